The second-order valence-corrected chi connectivity index (χ2v) is 4.78. The topological polar surface area (TPSA) is 82.6 Å². The average molecular weight is 338 g/mol. The first-order valence-corrected chi connectivity index (χ1v) is 7.02. The summed E-state index contributed by atoms with van der Waals surface area (Å²) in [5, 5.41) is 3.04. The molecule has 1 aromatic carbocycles. The molecule has 23 heavy (non-hydrogen) atoms. The Morgan fingerprint density at radius 3 is 2.65 bits per heavy atom. The van der Waals surface area contributed by atoms with Crippen LogP contribution in [0, 0.1) is 0 Å². The SMILES string of the molecule is COC(=O)c1ncc(NCc2ccc(OC)cc2OC)nc1Cl. The highest BCUT2D eigenvalue weighted by atomic mass is 35.5. The van der Waals surface area contributed by atoms with Gasteiger partial charge in [0, 0.05) is 18.2 Å². The van der Waals surface area contributed by atoms with E-state index in [2.05, 4.69) is 20.0 Å². The molecule has 2 aromatic rings. The third-order valence-electron chi connectivity index (χ3n) is 3.06. The van der Waals surface area contributed by atoms with Gasteiger partial charge in [0.05, 0.1) is 27.5 Å². The molecule has 1 aromatic heterocycles. The first-order valence-electron chi connectivity index (χ1n) is 6.64. The van der Waals surface area contributed by atoms with Crippen molar-refractivity contribution in [1.82, 2.24) is 9.97 Å². The minimum absolute atomic E-state index is 0.0245. The van der Waals surface area contributed by atoms with Gasteiger partial charge < -0.3 is 19.5 Å². The molecule has 0 aliphatic heterocycles. The van der Waals surface area contributed by atoms with Crippen LogP contribution in [0.25, 0.3) is 0 Å². The molecular weight excluding hydrogens is 322 g/mol. The number of anilines is 1. The normalized spacial score (nSPS) is 10.1. The standard InChI is InChI=1S/C15H16ClN3O4/c1-21-10-5-4-9(11(6-10)22-2)7-17-12-8-18-13(14(16)19-12)15(20)23-3/h4-6,8H,7H2,1-3H3,(H,17,19). The maximum Gasteiger partial charge on any atom is 0.359 e. The van der Waals surface area contributed by atoms with Crippen molar-refractivity contribution < 1.29 is 19.0 Å². The molecule has 1 heterocycles. The molecule has 1 N–H and O–H groups in total. The number of hydrogen-bond donors (Lipinski definition) is 1. The molecule has 0 saturated heterocycles. The summed E-state index contributed by atoms with van der Waals surface area (Å²) in [4.78, 5) is 19.4. The van der Waals surface area contributed by atoms with E-state index in [0.29, 0.717) is 23.9 Å². The Bertz CT molecular complexity index is 709. The summed E-state index contributed by atoms with van der Waals surface area (Å²) in [6.07, 6.45) is 1.41. The van der Waals surface area contributed by atoms with Crippen molar-refractivity contribution in [2.24, 2.45) is 0 Å². The van der Waals surface area contributed by atoms with Gasteiger partial charge in [-0.3, -0.25) is 0 Å². The van der Waals surface area contributed by atoms with E-state index in [-0.39, 0.29) is 10.8 Å². The Hall–Kier alpha value is -2.54. The minimum Gasteiger partial charge on any atom is -0.497 e. The van der Waals surface area contributed by atoms with Crippen LogP contribution in [-0.4, -0.2) is 37.3 Å². The molecule has 0 amide bonds. The molecule has 0 bridgehead atoms. The van der Waals surface area contributed by atoms with Gasteiger partial charge >= 0.3 is 5.97 Å². The number of esters is 1. The van der Waals surface area contributed by atoms with Crippen LogP contribution in [0.1, 0.15) is 16.1 Å². The van der Waals surface area contributed by atoms with Gasteiger partial charge in [0.15, 0.2) is 10.8 Å². The third kappa shape index (κ3) is 4.01. The van der Waals surface area contributed by atoms with Gasteiger partial charge in [-0.05, 0) is 12.1 Å². The Kier molecular flexibility index (Phi) is 5.59. The summed E-state index contributed by atoms with van der Waals surface area (Å²) >= 11 is 5.93. The summed E-state index contributed by atoms with van der Waals surface area (Å²) in [7, 11) is 4.43. The maximum atomic E-state index is 11.4. The summed E-state index contributed by atoms with van der Waals surface area (Å²) in [6, 6.07) is 5.50. The molecule has 0 unspecified atom stereocenters. The van der Waals surface area contributed by atoms with Crippen LogP contribution >= 0.6 is 11.6 Å². The molecule has 0 fully saturated rings. The van der Waals surface area contributed by atoms with Crippen LogP contribution in [0.5, 0.6) is 11.5 Å². The molecular formula is C15H16ClN3O4. The number of nitrogens with zero attached hydrogens (tertiary/aromatic N) is 2. The van der Waals surface area contributed by atoms with Gasteiger partial charge in [-0.1, -0.05) is 11.6 Å². The lowest BCUT2D eigenvalue weighted by Gasteiger charge is -2.12. The molecule has 2 rings (SSSR count). The van der Waals surface area contributed by atoms with Crippen LogP contribution in [0.15, 0.2) is 24.4 Å². The van der Waals surface area contributed by atoms with Gasteiger partial charge in [-0.15, -0.1) is 0 Å². The number of rotatable bonds is 6. The maximum absolute atomic E-state index is 11.4. The zero-order valence-corrected chi connectivity index (χ0v) is 13.7. The van der Waals surface area contributed by atoms with Crippen LogP contribution in [0.2, 0.25) is 5.15 Å². The van der Waals surface area contributed by atoms with Crippen molar-refractivity contribution >= 4 is 23.4 Å². The smallest absolute Gasteiger partial charge is 0.359 e. The lowest BCUT2D eigenvalue weighted by molar-refractivity contribution is 0.0594. The molecule has 0 aliphatic rings. The van der Waals surface area contributed by atoms with E-state index in [4.69, 9.17) is 21.1 Å². The van der Waals surface area contributed by atoms with Gasteiger partial charge in [-0.25, -0.2) is 14.8 Å². The van der Waals surface area contributed by atoms with E-state index in [0.717, 1.165) is 5.56 Å². The zero-order valence-electron chi connectivity index (χ0n) is 12.9. The molecule has 0 saturated carbocycles. The monoisotopic (exact) mass is 337 g/mol. The lowest BCUT2D eigenvalue weighted by atomic mass is 10.2. The largest absolute Gasteiger partial charge is 0.497 e. The average Bonchev–Trinajstić information content (AvgIpc) is 2.59. The number of methoxy groups -OCH3 is 3. The predicted molar refractivity (Wildman–Crippen MR) is 85.3 cm³/mol. The highest BCUT2D eigenvalue weighted by molar-refractivity contribution is 6.32. The molecule has 7 nitrogen and oxygen atoms in total. The molecule has 122 valence electrons. The molecule has 0 aliphatic carbocycles. The second-order valence-electron chi connectivity index (χ2n) is 4.42. The molecule has 0 spiro atoms. The van der Waals surface area contributed by atoms with Crippen molar-refractivity contribution in [2.75, 3.05) is 26.6 Å². The van der Waals surface area contributed by atoms with Crippen molar-refractivity contribution in [3.8, 4) is 11.5 Å². The van der Waals surface area contributed by atoms with E-state index >= 15 is 0 Å². The fourth-order valence-electron chi connectivity index (χ4n) is 1.87. The Morgan fingerprint density at radius 2 is 2.04 bits per heavy atom. The first-order chi connectivity index (χ1) is 11.1. The lowest BCUT2D eigenvalue weighted by Crippen LogP contribution is -2.09. The number of carbonyl (C=O) groups excluding carboxylic acids is 1. The summed E-state index contributed by atoms with van der Waals surface area (Å²) in [6.45, 7) is 0.440. The number of nitrogens with one attached hydrogen (secondary N) is 1. The first kappa shape index (κ1) is 16.8. The zero-order chi connectivity index (χ0) is 16.8. The van der Waals surface area contributed by atoms with Crippen LogP contribution in [0.4, 0.5) is 5.82 Å². The third-order valence-corrected chi connectivity index (χ3v) is 3.33. The van der Waals surface area contributed by atoms with Crippen LogP contribution in [-0.2, 0) is 11.3 Å². The number of aromatic nitrogens is 2. The number of ether oxygens (including phenoxy) is 3. The van der Waals surface area contributed by atoms with Gasteiger partial charge in [0.2, 0.25) is 0 Å². The van der Waals surface area contributed by atoms with Gasteiger partial charge in [0.25, 0.3) is 0 Å². The van der Waals surface area contributed by atoms with Crippen LogP contribution in [0.3, 0.4) is 0 Å². The van der Waals surface area contributed by atoms with E-state index in [9.17, 15) is 4.79 Å². The number of hydrogen-bond acceptors (Lipinski definition) is 7. The van der Waals surface area contributed by atoms with E-state index in [1.54, 1.807) is 20.3 Å². The number of carbonyl (C=O) groups is 1. The highest BCUT2D eigenvalue weighted by Gasteiger charge is 2.14. The molecule has 0 atom stereocenters. The fourth-order valence-corrected chi connectivity index (χ4v) is 2.09. The summed E-state index contributed by atoms with van der Waals surface area (Å²) < 4.78 is 15.0. The quantitative estimate of drug-likeness (QED) is 0.811. The second kappa shape index (κ2) is 7.64. The summed E-state index contributed by atoms with van der Waals surface area (Å²) in [5.74, 6) is 1.18. The van der Waals surface area contributed by atoms with Crippen LogP contribution < -0.4 is 14.8 Å². The van der Waals surface area contributed by atoms with Gasteiger partial charge in [0.1, 0.15) is 17.3 Å². The Balaban J connectivity index is 2.12. The molecule has 0 radical (unpaired) electrons. The van der Waals surface area contributed by atoms with Crippen molar-refractivity contribution in [3.63, 3.8) is 0 Å². The Morgan fingerprint density at radius 1 is 1.26 bits per heavy atom. The van der Waals surface area contributed by atoms with E-state index in [1.165, 1.54) is 13.3 Å². The van der Waals surface area contributed by atoms with E-state index < -0.39 is 5.97 Å². The minimum atomic E-state index is -0.633. The fraction of sp³-hybridized carbons (Fsp3) is 0.267. The van der Waals surface area contributed by atoms with Gasteiger partial charge in [-0.2, -0.15) is 0 Å². The van der Waals surface area contributed by atoms with Crippen molar-refractivity contribution in [1.29, 1.82) is 0 Å². The van der Waals surface area contributed by atoms with Crippen molar-refractivity contribution in [2.45, 2.75) is 6.54 Å². The predicted octanol–water partition coefficient (Wildman–Crippen LogP) is 2.55. The van der Waals surface area contributed by atoms with E-state index in [1.807, 2.05) is 12.1 Å². The number of halogens is 1. The Labute approximate surface area is 138 Å². The summed E-state index contributed by atoms with van der Waals surface area (Å²) in [5.41, 5.74) is 0.880. The van der Waals surface area contributed by atoms with Crippen molar-refractivity contribution in [3.05, 3.63) is 40.8 Å². The highest BCUT2D eigenvalue weighted by Crippen LogP contribution is 2.25. The number of benzene rings is 1. The molecule has 8 heteroatoms.